The summed E-state index contributed by atoms with van der Waals surface area (Å²) in [5.41, 5.74) is 23.7. The molecule has 3 aliphatic rings. The lowest BCUT2D eigenvalue weighted by Gasteiger charge is -2.32. The van der Waals surface area contributed by atoms with Gasteiger partial charge in [0.2, 0.25) is 0 Å². The second-order valence-corrected chi connectivity index (χ2v) is 28.9. The van der Waals surface area contributed by atoms with Crippen LogP contribution in [0, 0.1) is 22.7 Å². The van der Waals surface area contributed by atoms with Crippen molar-refractivity contribution in [2.75, 3.05) is 0 Å². The molecule has 0 bridgehead atoms. The lowest BCUT2D eigenvalue weighted by molar-refractivity contribution is 0.00578. The van der Waals surface area contributed by atoms with Crippen LogP contribution in [0.2, 0.25) is 5.02 Å². The highest BCUT2D eigenvalue weighted by Gasteiger charge is 2.52. The Kier molecular flexibility index (Phi) is 19.1. The summed E-state index contributed by atoms with van der Waals surface area (Å²) >= 11 is 6.05. The average molecular weight is 1380 g/mol. The van der Waals surface area contributed by atoms with Gasteiger partial charge in [-0.05, 0) is 166 Å². The summed E-state index contributed by atoms with van der Waals surface area (Å²) < 4.78 is 12.5. The van der Waals surface area contributed by atoms with Gasteiger partial charge in [0.05, 0.1) is 34.5 Å². The fraction of sp³-hybridized carbons (Fsp3) is 0.140. The summed E-state index contributed by atoms with van der Waals surface area (Å²) in [5.74, 6) is 3.89. The lowest BCUT2D eigenvalue weighted by Crippen LogP contribution is -2.41. The molecule has 12 heteroatoms. The van der Waals surface area contributed by atoms with Crippen molar-refractivity contribution in [2.24, 2.45) is 0 Å². The van der Waals surface area contributed by atoms with Crippen LogP contribution in [0.4, 0.5) is 0 Å². The number of hydrogen-bond acceptors (Lipinski definition) is 10. The van der Waals surface area contributed by atoms with Crippen molar-refractivity contribution in [3.8, 4) is 136 Å². The van der Waals surface area contributed by atoms with Gasteiger partial charge in [0.25, 0.3) is 0 Å². The Labute approximate surface area is 620 Å². The van der Waals surface area contributed by atoms with E-state index in [1.54, 1.807) is 0 Å². The van der Waals surface area contributed by atoms with Crippen molar-refractivity contribution in [1.29, 1.82) is 10.5 Å². The monoisotopic (exact) mass is 1380 g/mol. The van der Waals surface area contributed by atoms with E-state index in [9.17, 15) is 10.5 Å². The molecule has 510 valence electrons. The van der Waals surface area contributed by atoms with E-state index in [2.05, 4.69) is 177 Å². The van der Waals surface area contributed by atoms with E-state index < -0.39 is 0 Å². The Morgan fingerprint density at radius 3 is 0.924 bits per heavy atom. The Morgan fingerprint density at radius 1 is 0.286 bits per heavy atom. The number of fused-ring (bicyclic) bond motifs is 6. The molecule has 105 heavy (non-hydrogen) atoms. The fourth-order valence-electron chi connectivity index (χ4n) is 14.0. The van der Waals surface area contributed by atoms with Gasteiger partial charge in [0, 0.05) is 49.2 Å². The van der Waals surface area contributed by atoms with Crippen molar-refractivity contribution in [1.82, 2.24) is 29.9 Å². The molecule has 14 aromatic rings. The van der Waals surface area contributed by atoms with Gasteiger partial charge >= 0.3 is 7.12 Å². The van der Waals surface area contributed by atoms with E-state index in [0.717, 1.165) is 71.7 Å². The molecule has 17 rings (SSSR count). The summed E-state index contributed by atoms with van der Waals surface area (Å²) in [4.78, 5) is 29.0. The largest absolute Gasteiger partial charge is 0.494 e. The highest BCUT2D eigenvalue weighted by molar-refractivity contribution is 6.62. The molecular weight excluding hydrogens is 1310 g/mol. The van der Waals surface area contributed by atoms with Gasteiger partial charge in [-0.3, -0.25) is 0 Å². The standard InChI is InChI=1S/C43H30N4.C27H18ClN3.C22H24BNO2.CH4/c1-43(2)38-24-28(27-44)16-22-36(38)37-23-21-34(26-39(37)43)30-19-17-29(18-20-30)33-14-9-15-35(25-33)42-46-40(31-10-5-3-6-11-31)45-41(47-42)32-12-7-4-8-13-32;28-24-16-14-19(15-17-24)22-12-7-13-23(18-22)27-30-25(20-8-3-1-4-9-20)29-26(31-27)21-10-5-2-6-11-21;1-20(2)18-11-14(13-24)7-9-16(18)17-10-8-15(12-19(17)20)23-25-21(3,4)22(5,6)26-23;/h3-26H,1-2H3;1-18H;7-12H,1-6H3;1H4. The second kappa shape index (κ2) is 28.6. The van der Waals surface area contributed by atoms with Gasteiger partial charge < -0.3 is 9.31 Å². The first-order valence-electron chi connectivity index (χ1n) is 34.9. The quantitative estimate of drug-likeness (QED) is 0.121. The molecule has 2 aromatic heterocycles. The van der Waals surface area contributed by atoms with Crippen molar-refractivity contribution >= 4 is 24.2 Å². The normalized spacial score (nSPS) is 14.1. The number of aromatic nitrogens is 6. The number of nitriles is 2. The first-order chi connectivity index (χ1) is 50.3. The van der Waals surface area contributed by atoms with Crippen LogP contribution in [0.25, 0.3) is 124 Å². The van der Waals surface area contributed by atoms with Gasteiger partial charge in [-0.2, -0.15) is 10.5 Å². The van der Waals surface area contributed by atoms with Crippen LogP contribution >= 0.6 is 11.6 Å². The molecule has 0 saturated carbocycles. The summed E-state index contributed by atoms with van der Waals surface area (Å²) in [6, 6.07) is 103. The molecule has 0 amide bonds. The molecule has 1 aliphatic heterocycles. The third-order valence-electron chi connectivity index (χ3n) is 20.5. The van der Waals surface area contributed by atoms with E-state index in [4.69, 9.17) is 50.8 Å². The van der Waals surface area contributed by atoms with Crippen molar-refractivity contribution in [3.63, 3.8) is 0 Å². The molecule has 1 fully saturated rings. The summed E-state index contributed by atoms with van der Waals surface area (Å²) in [6.45, 7) is 17.2. The van der Waals surface area contributed by atoms with Crippen LogP contribution in [-0.4, -0.2) is 48.2 Å². The minimum atomic E-state index is -0.362. The van der Waals surface area contributed by atoms with Crippen molar-refractivity contribution in [3.05, 3.63) is 330 Å². The maximum atomic E-state index is 9.48. The van der Waals surface area contributed by atoms with Gasteiger partial charge in [-0.1, -0.05) is 283 Å². The molecule has 3 heterocycles. The first kappa shape index (κ1) is 70.0. The van der Waals surface area contributed by atoms with Gasteiger partial charge in [-0.15, -0.1) is 0 Å². The van der Waals surface area contributed by atoms with Crippen LogP contribution in [0.3, 0.4) is 0 Å². The molecule has 1 saturated heterocycles. The van der Waals surface area contributed by atoms with Crippen molar-refractivity contribution < 1.29 is 9.31 Å². The van der Waals surface area contributed by atoms with Crippen LogP contribution < -0.4 is 5.46 Å². The Morgan fingerprint density at radius 2 is 0.562 bits per heavy atom. The number of rotatable bonds is 10. The molecule has 10 nitrogen and oxygen atoms in total. The van der Waals surface area contributed by atoms with Crippen molar-refractivity contribution in [2.45, 2.75) is 84.8 Å². The zero-order valence-corrected chi connectivity index (χ0v) is 59.8. The Hall–Kier alpha value is -12.1. The molecule has 2 aliphatic carbocycles. The van der Waals surface area contributed by atoms with Gasteiger partial charge in [0.15, 0.2) is 34.9 Å². The summed E-state index contributed by atoms with van der Waals surface area (Å²) in [5, 5.41) is 19.5. The van der Waals surface area contributed by atoms with Gasteiger partial charge in [0.1, 0.15) is 0 Å². The Bertz CT molecular complexity index is 5530. The highest BCUT2D eigenvalue weighted by atomic mass is 35.5. The summed E-state index contributed by atoms with van der Waals surface area (Å²) in [7, 11) is -0.362. The smallest absolute Gasteiger partial charge is 0.399 e. The SMILES string of the molecule is C.CC1(C)c2cc(C#N)ccc2-c2ccc(-c3ccc(-c4cccc(-c5nc(-c6ccccc6)nc(-c6ccccc6)n5)c4)cc3)cc21.CC1(C)c2cc(C#N)ccc2-c2ccc(B3OC(C)(C)C(C)(C)O3)cc21.Clc1ccc(-c2cccc(-c3nc(-c4ccccc4)nc(-c4ccccc4)n3)c2)cc1. The van der Waals surface area contributed by atoms with E-state index in [1.807, 2.05) is 182 Å². The molecule has 0 atom stereocenters. The summed E-state index contributed by atoms with van der Waals surface area (Å²) in [6.07, 6.45) is 0. The van der Waals surface area contributed by atoms with E-state index in [0.29, 0.717) is 46.1 Å². The van der Waals surface area contributed by atoms with Crippen LogP contribution in [0.1, 0.15) is 96.2 Å². The number of benzene rings is 12. The molecule has 12 aromatic carbocycles. The average Bonchev–Trinajstić information content (AvgIpc) is 1.58. The molecule has 0 N–H and O–H groups in total. The van der Waals surface area contributed by atoms with Crippen LogP contribution in [0.15, 0.2) is 291 Å². The molecule has 0 unspecified atom stereocenters. The lowest BCUT2D eigenvalue weighted by atomic mass is 9.74. The third kappa shape index (κ3) is 13.9. The molecule has 0 spiro atoms. The third-order valence-corrected chi connectivity index (χ3v) is 20.8. The van der Waals surface area contributed by atoms with Crippen LogP contribution in [-0.2, 0) is 20.1 Å². The highest BCUT2D eigenvalue weighted by Crippen LogP contribution is 2.51. The fourth-order valence-corrected chi connectivity index (χ4v) is 14.1. The molecular formula is C93H76BClN8O2. The number of halogens is 1. The molecule has 0 radical (unpaired) electrons. The second-order valence-electron chi connectivity index (χ2n) is 28.5. The van der Waals surface area contributed by atoms with Gasteiger partial charge in [-0.25, -0.2) is 29.9 Å². The van der Waals surface area contributed by atoms with E-state index in [1.165, 1.54) is 50.1 Å². The minimum absolute atomic E-state index is 0. The zero-order chi connectivity index (χ0) is 71.9. The zero-order valence-electron chi connectivity index (χ0n) is 59.1. The van der Waals surface area contributed by atoms with E-state index in [-0.39, 0.29) is 36.6 Å². The maximum absolute atomic E-state index is 9.48. The topological polar surface area (TPSA) is 143 Å². The maximum Gasteiger partial charge on any atom is 0.494 e. The Balaban J connectivity index is 0.000000139. The number of hydrogen-bond donors (Lipinski definition) is 0. The predicted octanol–water partition coefficient (Wildman–Crippen LogP) is 22.4. The predicted molar refractivity (Wildman–Crippen MR) is 427 cm³/mol. The first-order valence-corrected chi connectivity index (χ1v) is 35.2. The van der Waals surface area contributed by atoms with Crippen LogP contribution in [0.5, 0.6) is 0 Å². The minimum Gasteiger partial charge on any atom is -0.399 e. The van der Waals surface area contributed by atoms with E-state index >= 15 is 0 Å². The number of nitrogens with zero attached hydrogens (tertiary/aromatic N) is 8.